The molecule has 5 rings (SSSR count). The lowest BCUT2D eigenvalue weighted by Gasteiger charge is -2.38. The van der Waals surface area contributed by atoms with E-state index in [1.54, 1.807) is 12.1 Å². The topological polar surface area (TPSA) is 123 Å². The van der Waals surface area contributed by atoms with E-state index in [2.05, 4.69) is 0 Å². The smallest absolute Gasteiger partial charge is 0.411 e. The fourth-order valence-corrected chi connectivity index (χ4v) is 4.48. The van der Waals surface area contributed by atoms with Gasteiger partial charge in [-0.15, -0.1) is 0 Å². The third-order valence-electron chi connectivity index (χ3n) is 6.53. The third kappa shape index (κ3) is 7.53. The van der Waals surface area contributed by atoms with E-state index in [0.29, 0.717) is 34.4 Å². The molecule has 0 atom stereocenters. The van der Waals surface area contributed by atoms with Gasteiger partial charge >= 0.3 is 12.4 Å². The highest BCUT2D eigenvalue weighted by atomic mass is 19.4. The average molecular weight is 627 g/mol. The Morgan fingerprint density at radius 2 is 0.689 bits per heavy atom. The van der Waals surface area contributed by atoms with Crippen LogP contribution < -0.4 is 32.4 Å². The number of hydrogen-bond acceptors (Lipinski definition) is 6. The van der Waals surface area contributed by atoms with Crippen molar-refractivity contribution in [2.24, 2.45) is 0 Å². The van der Waals surface area contributed by atoms with E-state index in [9.17, 15) is 26.3 Å². The summed E-state index contributed by atoms with van der Waals surface area (Å²) in [5.41, 5.74) is 17.6. The molecule has 234 valence electrons. The summed E-state index contributed by atoms with van der Waals surface area (Å²) in [6, 6.07) is 28.9. The monoisotopic (exact) mass is 626 g/mol. The van der Waals surface area contributed by atoms with Crippen LogP contribution in [0.5, 0.6) is 23.0 Å². The first-order chi connectivity index (χ1) is 21.2. The van der Waals surface area contributed by atoms with Crippen LogP contribution in [0.4, 0.5) is 49.1 Å². The van der Waals surface area contributed by atoms with Gasteiger partial charge in [0.15, 0.2) is 0 Å². The van der Waals surface area contributed by atoms with Crippen LogP contribution in [0.15, 0.2) is 121 Å². The normalized spacial score (nSPS) is 11.7. The molecule has 0 saturated heterocycles. The highest BCUT2D eigenvalue weighted by molar-refractivity contribution is 5.52. The van der Waals surface area contributed by atoms with Gasteiger partial charge < -0.3 is 32.4 Å². The molecule has 5 aromatic rings. The molecule has 0 aliphatic rings. The Kier molecular flexibility index (Phi) is 9.36. The number of halogens is 6. The van der Waals surface area contributed by atoms with E-state index in [1.807, 2.05) is 60.7 Å². The molecule has 0 fully saturated rings. The molecule has 0 aliphatic heterocycles. The number of rotatable bonds is 6. The molecule has 6 nitrogen and oxygen atoms in total. The summed E-state index contributed by atoms with van der Waals surface area (Å²) in [4.78, 5) is 0. The molecular weight excluding hydrogens is 598 g/mol. The highest BCUT2D eigenvalue weighted by Gasteiger charge is 2.72. The van der Waals surface area contributed by atoms with Crippen LogP contribution in [0, 0.1) is 0 Å². The van der Waals surface area contributed by atoms with E-state index in [1.165, 1.54) is 0 Å². The van der Waals surface area contributed by atoms with Crippen molar-refractivity contribution in [3.63, 3.8) is 0 Å². The second-order valence-corrected chi connectivity index (χ2v) is 9.81. The first kappa shape index (κ1) is 32.4. The van der Waals surface area contributed by atoms with Gasteiger partial charge in [-0.25, -0.2) is 0 Å². The minimum atomic E-state index is -5.61. The predicted molar refractivity (Wildman–Crippen MR) is 163 cm³/mol. The van der Waals surface area contributed by atoms with E-state index >= 15 is 0 Å². The molecule has 0 bridgehead atoms. The van der Waals surface area contributed by atoms with Gasteiger partial charge in [-0.2, -0.15) is 26.3 Å². The maximum absolute atomic E-state index is 13.7. The average Bonchev–Trinajstić information content (AvgIpc) is 2.95. The zero-order valence-electron chi connectivity index (χ0n) is 23.4. The van der Waals surface area contributed by atoms with Crippen molar-refractivity contribution in [1.29, 1.82) is 0 Å². The molecule has 0 aliphatic carbocycles. The van der Waals surface area contributed by atoms with Crippen molar-refractivity contribution in [3.05, 3.63) is 132 Å². The fraction of sp³-hybridized carbons (Fsp3) is 0.0909. The van der Waals surface area contributed by atoms with Gasteiger partial charge in [0, 0.05) is 40.9 Å². The first-order valence-corrected chi connectivity index (χ1v) is 13.2. The zero-order chi connectivity index (χ0) is 32.8. The van der Waals surface area contributed by atoms with Gasteiger partial charge in [0.25, 0.3) is 0 Å². The van der Waals surface area contributed by atoms with Gasteiger partial charge in [-0.3, -0.25) is 0 Å². The molecule has 0 heterocycles. The van der Waals surface area contributed by atoms with Crippen LogP contribution in [0.25, 0.3) is 0 Å². The largest absolute Gasteiger partial charge is 0.457 e. The van der Waals surface area contributed by atoms with Crippen LogP contribution in [-0.2, 0) is 5.41 Å². The first-order valence-electron chi connectivity index (χ1n) is 13.2. The maximum Gasteiger partial charge on any atom is 0.411 e. The van der Waals surface area contributed by atoms with Crippen molar-refractivity contribution in [2.45, 2.75) is 17.8 Å². The molecule has 0 aromatic heterocycles. The summed E-state index contributed by atoms with van der Waals surface area (Å²) in [7, 11) is 0. The van der Waals surface area contributed by atoms with Crippen LogP contribution in [0.1, 0.15) is 11.1 Å². The number of alkyl halides is 6. The summed E-state index contributed by atoms with van der Waals surface area (Å²) < 4.78 is 93.5. The number of nitrogen functional groups attached to an aromatic ring is 4. The lowest BCUT2D eigenvalue weighted by molar-refractivity contribution is -0.288. The minimum Gasteiger partial charge on any atom is -0.457 e. The van der Waals surface area contributed by atoms with Gasteiger partial charge in [-0.1, -0.05) is 42.5 Å². The Bertz CT molecular complexity index is 1600. The molecule has 0 amide bonds. The fourth-order valence-electron chi connectivity index (χ4n) is 4.48. The van der Waals surface area contributed by atoms with Gasteiger partial charge in [0.2, 0.25) is 5.41 Å². The summed E-state index contributed by atoms with van der Waals surface area (Å²) in [6.07, 6.45) is -11.2. The molecule has 0 radical (unpaired) electrons. The maximum atomic E-state index is 13.7. The Hall–Kier alpha value is -5.52. The second-order valence-electron chi connectivity index (χ2n) is 9.81. The van der Waals surface area contributed by atoms with E-state index in [-0.39, 0.29) is 11.4 Å². The molecule has 8 N–H and O–H groups in total. The third-order valence-corrected chi connectivity index (χ3v) is 6.53. The van der Waals surface area contributed by atoms with E-state index < -0.39 is 28.9 Å². The molecule has 0 spiro atoms. The van der Waals surface area contributed by atoms with Crippen molar-refractivity contribution in [1.82, 2.24) is 0 Å². The van der Waals surface area contributed by atoms with Crippen LogP contribution >= 0.6 is 0 Å². The summed E-state index contributed by atoms with van der Waals surface area (Å²) in [5, 5.41) is 0. The molecule has 0 unspecified atom stereocenters. The minimum absolute atomic E-state index is 0.0595. The molecule has 0 saturated carbocycles. The van der Waals surface area contributed by atoms with E-state index in [0.717, 1.165) is 48.5 Å². The van der Waals surface area contributed by atoms with Crippen LogP contribution in [-0.4, -0.2) is 12.4 Å². The van der Waals surface area contributed by atoms with Crippen LogP contribution in [0.3, 0.4) is 0 Å². The zero-order valence-corrected chi connectivity index (χ0v) is 23.4. The second kappa shape index (κ2) is 13.0. The number of hydrogen-bond donors (Lipinski definition) is 4. The van der Waals surface area contributed by atoms with Crippen molar-refractivity contribution >= 4 is 22.7 Å². The SMILES string of the molecule is Nc1ccc(C(c2ccc(N)cc2)(C(F)(F)F)C(F)(F)F)cc1.Nc1cccc(Oc2cccc(Oc3cccc(N)c3)c2)c1. The van der Waals surface area contributed by atoms with Crippen molar-refractivity contribution in [2.75, 3.05) is 22.9 Å². The Balaban J connectivity index is 0.000000205. The highest BCUT2D eigenvalue weighted by Crippen LogP contribution is 2.56. The van der Waals surface area contributed by atoms with Gasteiger partial charge in [0.05, 0.1) is 0 Å². The number of ether oxygens (including phenoxy) is 2. The van der Waals surface area contributed by atoms with E-state index in [4.69, 9.17) is 32.4 Å². The van der Waals surface area contributed by atoms with Crippen LogP contribution in [0.2, 0.25) is 0 Å². The number of nitrogens with two attached hydrogens (primary N) is 4. The molecule has 45 heavy (non-hydrogen) atoms. The standard InChI is InChI=1S/C18H16N2O2.C15H12F6N2/c19-13-4-1-6-15(10-13)21-17-8-3-9-18(12-17)22-16-7-2-5-14(20)11-16;16-14(17,18)13(15(19,20)21,9-1-5-11(22)6-2-9)10-3-7-12(23)8-4-10/h1-12H,19-20H2;1-8H,22-23H2. The van der Waals surface area contributed by atoms with Gasteiger partial charge in [0.1, 0.15) is 23.0 Å². The Labute approximate surface area is 254 Å². The quantitative estimate of drug-likeness (QED) is 0.110. The summed E-state index contributed by atoms with van der Waals surface area (Å²) in [5.74, 6) is 2.71. The number of benzene rings is 5. The lowest BCUT2D eigenvalue weighted by Crippen LogP contribution is -2.54. The van der Waals surface area contributed by atoms with Gasteiger partial charge in [-0.05, 0) is 71.8 Å². The Morgan fingerprint density at radius 1 is 0.378 bits per heavy atom. The lowest BCUT2D eigenvalue weighted by atomic mass is 9.73. The summed E-state index contributed by atoms with van der Waals surface area (Å²) in [6.45, 7) is 0. The Morgan fingerprint density at radius 3 is 1.00 bits per heavy atom. The predicted octanol–water partition coefficient (Wildman–Crippen LogP) is 8.70. The molecular formula is C33H28F6N4O2. The number of anilines is 4. The van der Waals surface area contributed by atoms with Crippen molar-refractivity contribution < 1.29 is 35.8 Å². The molecule has 5 aromatic carbocycles. The molecule has 12 heteroatoms. The van der Waals surface area contributed by atoms with Crippen molar-refractivity contribution in [3.8, 4) is 23.0 Å². The summed E-state index contributed by atoms with van der Waals surface area (Å²) >= 11 is 0.